The number of carbonyl (C=O) groups excluding carboxylic acids is 1. The molecule has 1 unspecified atom stereocenters. The first-order chi connectivity index (χ1) is 10.1. The lowest BCUT2D eigenvalue weighted by Crippen LogP contribution is -2.45. The second-order valence-corrected chi connectivity index (χ2v) is 7.63. The van der Waals surface area contributed by atoms with E-state index in [-0.39, 0.29) is 16.9 Å². The Morgan fingerprint density at radius 3 is 2.55 bits per heavy atom. The number of anilines is 1. The molecule has 0 aliphatic heterocycles. The van der Waals surface area contributed by atoms with Crippen molar-refractivity contribution in [1.29, 1.82) is 0 Å². The van der Waals surface area contributed by atoms with Gasteiger partial charge >= 0.3 is 6.09 Å². The minimum absolute atomic E-state index is 0.0539. The molecule has 5 nitrogen and oxygen atoms in total. The summed E-state index contributed by atoms with van der Waals surface area (Å²) in [5.41, 5.74) is 6.05. The van der Waals surface area contributed by atoms with Gasteiger partial charge < -0.3 is 15.4 Å². The van der Waals surface area contributed by atoms with Crippen molar-refractivity contribution in [3.05, 3.63) is 23.5 Å². The topological polar surface area (TPSA) is 68.5 Å². The van der Waals surface area contributed by atoms with Crippen molar-refractivity contribution < 1.29 is 9.53 Å². The highest BCUT2D eigenvalue weighted by atomic mass is 35.5. The van der Waals surface area contributed by atoms with Crippen LogP contribution in [0.2, 0.25) is 5.15 Å². The molecular weight excluding hydrogens is 302 g/mol. The average Bonchev–Trinajstić information content (AvgIpc) is 3.15. The van der Waals surface area contributed by atoms with Gasteiger partial charge in [0.2, 0.25) is 0 Å². The predicted molar refractivity (Wildman–Crippen MR) is 88.1 cm³/mol. The van der Waals surface area contributed by atoms with Crippen molar-refractivity contribution in [2.45, 2.75) is 39.7 Å². The minimum atomic E-state index is -0.706. The molecule has 6 heteroatoms. The Kier molecular flexibility index (Phi) is 4.57. The lowest BCUT2D eigenvalue weighted by molar-refractivity contribution is -0.0116. The Hall–Kier alpha value is -1.49. The Morgan fingerprint density at radius 1 is 1.50 bits per heavy atom. The minimum Gasteiger partial charge on any atom is -0.445 e. The number of ether oxygens (including phenoxy) is 1. The third-order valence-corrected chi connectivity index (χ3v) is 4.40. The van der Waals surface area contributed by atoms with Crippen LogP contribution in [0, 0.1) is 10.8 Å². The molecule has 1 aromatic heterocycles. The van der Waals surface area contributed by atoms with Crippen LogP contribution < -0.4 is 10.6 Å². The highest BCUT2D eigenvalue weighted by Crippen LogP contribution is 2.55. The number of carbonyl (C=O) groups is 1. The number of amides is 1. The summed E-state index contributed by atoms with van der Waals surface area (Å²) in [7, 11) is 2.01. The molecule has 2 N–H and O–H groups in total. The molecule has 0 spiro atoms. The van der Waals surface area contributed by atoms with Crippen molar-refractivity contribution in [3.8, 4) is 0 Å². The third-order valence-electron chi connectivity index (χ3n) is 4.17. The highest BCUT2D eigenvalue weighted by molar-refractivity contribution is 6.29. The van der Waals surface area contributed by atoms with Gasteiger partial charge in [-0.1, -0.05) is 32.4 Å². The third kappa shape index (κ3) is 3.83. The SMILES string of the molecule is CN(CC1(C(OC(N)=O)C(C)(C)C)CC1)c1ccc(Cl)nc1. The molecule has 0 radical (unpaired) electrons. The summed E-state index contributed by atoms with van der Waals surface area (Å²) in [5.74, 6) is 0. The summed E-state index contributed by atoms with van der Waals surface area (Å²) in [6.45, 7) is 7.01. The van der Waals surface area contributed by atoms with Crippen LogP contribution in [0.3, 0.4) is 0 Å². The van der Waals surface area contributed by atoms with Crippen LogP contribution in [0.1, 0.15) is 33.6 Å². The van der Waals surface area contributed by atoms with E-state index in [1.165, 1.54) is 0 Å². The van der Waals surface area contributed by atoms with Crippen LogP contribution in [0.4, 0.5) is 10.5 Å². The number of hydrogen-bond donors (Lipinski definition) is 1. The highest BCUT2D eigenvalue weighted by Gasteiger charge is 2.56. The maximum Gasteiger partial charge on any atom is 0.404 e. The number of nitrogens with two attached hydrogens (primary N) is 1. The summed E-state index contributed by atoms with van der Waals surface area (Å²) in [6, 6.07) is 3.71. The molecule has 1 amide bonds. The van der Waals surface area contributed by atoms with Crippen molar-refractivity contribution in [3.63, 3.8) is 0 Å². The second-order valence-electron chi connectivity index (χ2n) is 7.24. The molecule has 1 aromatic rings. The lowest BCUT2D eigenvalue weighted by Gasteiger charge is -2.38. The average molecular weight is 326 g/mol. The maximum absolute atomic E-state index is 11.3. The van der Waals surface area contributed by atoms with Crippen molar-refractivity contribution in [1.82, 2.24) is 4.98 Å². The standard InChI is InChI=1S/C16H24ClN3O2/c1-15(2,3)13(22-14(18)21)16(7-8-16)10-20(4)11-5-6-12(17)19-9-11/h5-6,9,13H,7-8,10H2,1-4H3,(H2,18,21). The summed E-state index contributed by atoms with van der Waals surface area (Å²) >= 11 is 5.83. The number of aromatic nitrogens is 1. The fourth-order valence-corrected chi connectivity index (χ4v) is 3.27. The van der Waals surface area contributed by atoms with Gasteiger partial charge in [-0.05, 0) is 30.4 Å². The van der Waals surface area contributed by atoms with Gasteiger partial charge in [0.15, 0.2) is 0 Å². The molecule has 22 heavy (non-hydrogen) atoms. The maximum atomic E-state index is 11.3. The Labute approximate surface area is 136 Å². The van der Waals surface area contributed by atoms with Crippen molar-refractivity contribution in [2.75, 3.05) is 18.5 Å². The monoisotopic (exact) mass is 325 g/mol. The van der Waals surface area contributed by atoms with Crippen LogP contribution in [0.25, 0.3) is 0 Å². The first kappa shape index (κ1) is 16.9. The number of primary amides is 1. The summed E-state index contributed by atoms with van der Waals surface area (Å²) < 4.78 is 5.47. The van der Waals surface area contributed by atoms with Gasteiger partial charge in [-0.25, -0.2) is 9.78 Å². The molecule has 1 fully saturated rings. The van der Waals surface area contributed by atoms with E-state index in [9.17, 15) is 4.79 Å². The molecule has 1 aliphatic rings. The van der Waals surface area contributed by atoms with E-state index in [1.54, 1.807) is 12.3 Å². The van der Waals surface area contributed by atoms with Crippen molar-refractivity contribution >= 4 is 23.4 Å². The first-order valence-corrected chi connectivity index (χ1v) is 7.81. The predicted octanol–water partition coefficient (Wildman–Crippen LogP) is 3.46. The van der Waals surface area contributed by atoms with Gasteiger partial charge in [0.1, 0.15) is 11.3 Å². The molecule has 0 aromatic carbocycles. The Balaban J connectivity index is 2.15. The van der Waals surface area contributed by atoms with Crippen LogP contribution in [-0.4, -0.2) is 30.8 Å². The van der Waals surface area contributed by atoms with Gasteiger partial charge in [-0.2, -0.15) is 0 Å². The lowest BCUT2D eigenvalue weighted by atomic mass is 9.78. The van der Waals surface area contributed by atoms with Crippen LogP contribution in [0.15, 0.2) is 18.3 Å². The van der Waals surface area contributed by atoms with Crippen LogP contribution >= 0.6 is 11.6 Å². The summed E-state index contributed by atoms with van der Waals surface area (Å²) in [4.78, 5) is 17.5. The Morgan fingerprint density at radius 2 is 2.14 bits per heavy atom. The van der Waals surface area contributed by atoms with E-state index >= 15 is 0 Å². The normalized spacial score (nSPS) is 17.7. The molecule has 1 aliphatic carbocycles. The summed E-state index contributed by atoms with van der Waals surface area (Å²) in [6.07, 6.45) is 2.88. The number of halogens is 1. The molecule has 1 atom stereocenters. The van der Waals surface area contributed by atoms with E-state index in [1.807, 2.05) is 13.1 Å². The Bertz CT molecular complexity index is 535. The van der Waals surface area contributed by atoms with E-state index in [4.69, 9.17) is 22.1 Å². The van der Waals surface area contributed by atoms with E-state index in [0.29, 0.717) is 5.15 Å². The fourth-order valence-electron chi connectivity index (χ4n) is 3.16. The smallest absolute Gasteiger partial charge is 0.404 e. The van der Waals surface area contributed by atoms with E-state index < -0.39 is 6.09 Å². The second kappa shape index (κ2) is 5.95. The van der Waals surface area contributed by atoms with Gasteiger partial charge in [0, 0.05) is 19.0 Å². The first-order valence-electron chi connectivity index (χ1n) is 7.43. The zero-order valence-corrected chi connectivity index (χ0v) is 14.4. The molecule has 0 bridgehead atoms. The fraction of sp³-hybridized carbons (Fsp3) is 0.625. The van der Waals surface area contributed by atoms with E-state index in [0.717, 1.165) is 25.1 Å². The molecule has 1 saturated carbocycles. The van der Waals surface area contributed by atoms with Gasteiger partial charge in [-0.3, -0.25) is 0 Å². The quantitative estimate of drug-likeness (QED) is 0.842. The molecule has 1 heterocycles. The van der Waals surface area contributed by atoms with E-state index in [2.05, 4.69) is 30.7 Å². The van der Waals surface area contributed by atoms with Crippen LogP contribution in [-0.2, 0) is 4.74 Å². The molecular formula is C16H24ClN3O2. The van der Waals surface area contributed by atoms with Gasteiger partial charge in [-0.15, -0.1) is 0 Å². The zero-order chi connectivity index (χ0) is 16.5. The molecule has 2 rings (SSSR count). The van der Waals surface area contributed by atoms with Gasteiger partial charge in [0.05, 0.1) is 11.9 Å². The summed E-state index contributed by atoms with van der Waals surface area (Å²) in [5, 5.41) is 0.475. The largest absolute Gasteiger partial charge is 0.445 e. The molecule has 122 valence electrons. The zero-order valence-electron chi connectivity index (χ0n) is 13.6. The number of pyridine rings is 1. The van der Waals surface area contributed by atoms with Crippen molar-refractivity contribution in [2.24, 2.45) is 16.6 Å². The number of hydrogen-bond acceptors (Lipinski definition) is 4. The number of rotatable bonds is 5. The number of nitrogens with zero attached hydrogens (tertiary/aromatic N) is 2. The van der Waals surface area contributed by atoms with Gasteiger partial charge in [0.25, 0.3) is 0 Å². The van der Waals surface area contributed by atoms with Crippen LogP contribution in [0.5, 0.6) is 0 Å². The molecule has 0 saturated heterocycles.